The molecule has 8 nitrogen and oxygen atoms in total. The smallest absolute Gasteiger partial charge is 0.244 e. The number of likely N-dealkylation sites (tertiary alicyclic amines) is 1. The van der Waals surface area contributed by atoms with Gasteiger partial charge in [0, 0.05) is 39.3 Å². The Morgan fingerprint density at radius 1 is 1.44 bits per heavy atom. The highest BCUT2D eigenvalue weighted by Crippen LogP contribution is 2.28. The fourth-order valence-corrected chi connectivity index (χ4v) is 3.14. The quantitative estimate of drug-likeness (QED) is 0.856. The van der Waals surface area contributed by atoms with Crippen molar-refractivity contribution in [1.82, 2.24) is 24.9 Å². The number of hydrogen-bond donors (Lipinski definition) is 1. The van der Waals surface area contributed by atoms with Gasteiger partial charge in [0.05, 0.1) is 12.8 Å². The molecule has 2 aromatic heterocycles. The lowest BCUT2D eigenvalue weighted by Gasteiger charge is -2.33. The number of anilines is 1. The molecule has 0 aliphatic carbocycles. The highest BCUT2D eigenvalue weighted by Gasteiger charge is 2.25. The van der Waals surface area contributed by atoms with Crippen molar-refractivity contribution in [2.45, 2.75) is 31.9 Å². The van der Waals surface area contributed by atoms with Crippen LogP contribution in [0.3, 0.4) is 0 Å². The average Bonchev–Trinajstić information content (AvgIpc) is 3.09. The summed E-state index contributed by atoms with van der Waals surface area (Å²) in [4.78, 5) is 20.8. The molecule has 0 spiro atoms. The first kappa shape index (κ1) is 17.3. The number of nitrogens with zero attached hydrogens (tertiary/aromatic N) is 6. The second-order valence-corrected chi connectivity index (χ2v) is 6.59. The van der Waals surface area contributed by atoms with Gasteiger partial charge in [-0.2, -0.15) is 0 Å². The van der Waals surface area contributed by atoms with Crippen molar-refractivity contribution in [3.05, 3.63) is 35.8 Å². The van der Waals surface area contributed by atoms with Crippen LogP contribution >= 0.6 is 0 Å². The minimum Gasteiger partial charge on any atom is -0.390 e. The van der Waals surface area contributed by atoms with Crippen LogP contribution in [0.5, 0.6) is 0 Å². The van der Waals surface area contributed by atoms with Gasteiger partial charge < -0.3 is 14.9 Å². The number of carbonyl (C=O) groups excluding carboxylic acids is 1. The van der Waals surface area contributed by atoms with Crippen LogP contribution in [0.2, 0.25) is 0 Å². The number of carbonyl (C=O) groups is 1. The summed E-state index contributed by atoms with van der Waals surface area (Å²) in [6, 6.07) is 4.14. The van der Waals surface area contributed by atoms with Crippen LogP contribution in [0.15, 0.2) is 24.5 Å². The summed E-state index contributed by atoms with van der Waals surface area (Å²) in [5, 5.41) is 16.7. The van der Waals surface area contributed by atoms with Gasteiger partial charge in [-0.25, -0.2) is 9.67 Å². The fraction of sp³-hybridized carbons (Fsp3) is 0.529. The number of pyridine rings is 1. The van der Waals surface area contributed by atoms with Gasteiger partial charge in [-0.3, -0.25) is 4.79 Å². The predicted molar refractivity (Wildman–Crippen MR) is 93.1 cm³/mol. The molecule has 3 heterocycles. The van der Waals surface area contributed by atoms with Crippen LogP contribution in [0.25, 0.3) is 0 Å². The Kier molecular flexibility index (Phi) is 5.28. The molecule has 1 amide bonds. The largest absolute Gasteiger partial charge is 0.390 e. The molecule has 0 radical (unpaired) electrons. The third-order valence-electron chi connectivity index (χ3n) is 4.52. The summed E-state index contributed by atoms with van der Waals surface area (Å²) >= 11 is 0. The lowest BCUT2D eigenvalue weighted by molar-refractivity contribution is -0.133. The molecule has 0 saturated carbocycles. The molecule has 0 unspecified atom stereocenters. The molecule has 134 valence electrons. The molecule has 3 rings (SSSR count). The van der Waals surface area contributed by atoms with E-state index in [1.807, 2.05) is 36.2 Å². The zero-order chi connectivity index (χ0) is 17.8. The zero-order valence-corrected chi connectivity index (χ0v) is 14.7. The molecular formula is C17H24N6O2. The summed E-state index contributed by atoms with van der Waals surface area (Å²) < 4.78 is 1.48. The molecule has 1 atom stereocenters. The van der Waals surface area contributed by atoms with Gasteiger partial charge in [0.2, 0.25) is 5.91 Å². The summed E-state index contributed by atoms with van der Waals surface area (Å²) in [5.41, 5.74) is 1.69. The van der Waals surface area contributed by atoms with Gasteiger partial charge in [-0.1, -0.05) is 5.21 Å². The Morgan fingerprint density at radius 2 is 2.28 bits per heavy atom. The molecule has 2 aromatic rings. The Hall–Kier alpha value is -2.48. The third-order valence-corrected chi connectivity index (χ3v) is 4.52. The number of aliphatic hydroxyl groups excluding tert-OH is 1. The van der Waals surface area contributed by atoms with Crippen molar-refractivity contribution in [1.29, 1.82) is 0 Å². The van der Waals surface area contributed by atoms with Crippen LogP contribution in [0.1, 0.15) is 30.0 Å². The van der Waals surface area contributed by atoms with E-state index in [4.69, 9.17) is 5.11 Å². The molecule has 1 aliphatic heterocycles. The Bertz CT molecular complexity index is 729. The van der Waals surface area contributed by atoms with E-state index in [0.29, 0.717) is 18.2 Å². The van der Waals surface area contributed by atoms with Gasteiger partial charge in [0.15, 0.2) is 0 Å². The molecule has 0 aromatic carbocycles. The Balaban J connectivity index is 1.66. The monoisotopic (exact) mass is 344 g/mol. The second kappa shape index (κ2) is 7.60. The maximum Gasteiger partial charge on any atom is 0.244 e. The first-order valence-electron chi connectivity index (χ1n) is 8.47. The number of piperidine rings is 1. The topological polar surface area (TPSA) is 87.4 Å². The van der Waals surface area contributed by atoms with E-state index in [-0.39, 0.29) is 19.1 Å². The van der Waals surface area contributed by atoms with Crippen molar-refractivity contribution in [2.24, 2.45) is 0 Å². The number of rotatable bonds is 5. The molecule has 1 fully saturated rings. The van der Waals surface area contributed by atoms with E-state index < -0.39 is 0 Å². The van der Waals surface area contributed by atoms with E-state index >= 15 is 0 Å². The van der Waals surface area contributed by atoms with E-state index in [1.165, 1.54) is 10.2 Å². The Morgan fingerprint density at radius 3 is 3.00 bits per heavy atom. The summed E-state index contributed by atoms with van der Waals surface area (Å²) in [6.07, 6.45) is 5.48. The lowest BCUT2D eigenvalue weighted by Crippen LogP contribution is -2.41. The maximum absolute atomic E-state index is 12.6. The summed E-state index contributed by atoms with van der Waals surface area (Å²) in [5.74, 6) is 1.28. The molecule has 25 heavy (non-hydrogen) atoms. The first-order valence-corrected chi connectivity index (χ1v) is 8.47. The minimum atomic E-state index is -0.170. The molecule has 1 aliphatic rings. The molecular weight excluding hydrogens is 320 g/mol. The normalized spacial score (nSPS) is 17.6. The zero-order valence-electron chi connectivity index (χ0n) is 14.7. The maximum atomic E-state index is 12.6. The standard InChI is InChI=1S/C17H24N6O2/c1-21(2)16-8-13(5-6-18-16)14-4-3-7-22(9-14)17(25)11-23-10-15(12-24)19-20-23/h5-6,8,10,14,24H,3-4,7,9,11-12H2,1-2H3/t14-/m1/s1. The van der Waals surface area contributed by atoms with Gasteiger partial charge in [0.1, 0.15) is 18.1 Å². The highest BCUT2D eigenvalue weighted by atomic mass is 16.3. The SMILES string of the molecule is CN(C)c1cc([C@@H]2CCCN(C(=O)Cn3cc(CO)nn3)C2)ccn1. The second-order valence-electron chi connectivity index (χ2n) is 6.59. The fourth-order valence-electron chi connectivity index (χ4n) is 3.14. The van der Waals surface area contributed by atoms with Crippen molar-refractivity contribution < 1.29 is 9.90 Å². The lowest BCUT2D eigenvalue weighted by atomic mass is 9.91. The van der Waals surface area contributed by atoms with Crippen LogP contribution < -0.4 is 4.90 Å². The molecule has 1 N–H and O–H groups in total. The first-order chi connectivity index (χ1) is 12.1. The van der Waals surface area contributed by atoms with Crippen molar-refractivity contribution >= 4 is 11.7 Å². The van der Waals surface area contributed by atoms with Crippen LogP contribution in [0, 0.1) is 0 Å². The van der Waals surface area contributed by atoms with Gasteiger partial charge >= 0.3 is 0 Å². The molecule has 0 bridgehead atoms. The van der Waals surface area contributed by atoms with Crippen molar-refractivity contribution in [2.75, 3.05) is 32.1 Å². The van der Waals surface area contributed by atoms with E-state index in [2.05, 4.69) is 21.4 Å². The number of amides is 1. The van der Waals surface area contributed by atoms with E-state index in [1.54, 1.807) is 6.20 Å². The number of aromatic nitrogens is 4. The molecule has 8 heteroatoms. The Labute approximate surface area is 147 Å². The average molecular weight is 344 g/mol. The van der Waals surface area contributed by atoms with Crippen LogP contribution in [-0.2, 0) is 17.9 Å². The number of hydrogen-bond acceptors (Lipinski definition) is 6. The van der Waals surface area contributed by atoms with Gasteiger partial charge in [0.25, 0.3) is 0 Å². The number of aliphatic hydroxyl groups is 1. The van der Waals surface area contributed by atoms with Crippen LogP contribution in [0.4, 0.5) is 5.82 Å². The minimum absolute atomic E-state index is 0.0287. The summed E-state index contributed by atoms with van der Waals surface area (Å²) in [7, 11) is 3.95. The van der Waals surface area contributed by atoms with Gasteiger partial charge in [-0.15, -0.1) is 5.10 Å². The summed E-state index contributed by atoms with van der Waals surface area (Å²) in [6.45, 7) is 1.45. The molecule has 1 saturated heterocycles. The highest BCUT2D eigenvalue weighted by molar-refractivity contribution is 5.76. The predicted octanol–water partition coefficient (Wildman–Crippen LogP) is 0.638. The van der Waals surface area contributed by atoms with Crippen LogP contribution in [-0.4, -0.2) is 63.1 Å². The van der Waals surface area contributed by atoms with Gasteiger partial charge in [-0.05, 0) is 30.5 Å². The van der Waals surface area contributed by atoms with Crippen molar-refractivity contribution in [3.8, 4) is 0 Å². The third kappa shape index (κ3) is 4.14. The van der Waals surface area contributed by atoms with E-state index in [9.17, 15) is 4.79 Å². The van der Waals surface area contributed by atoms with Crippen molar-refractivity contribution in [3.63, 3.8) is 0 Å². The van der Waals surface area contributed by atoms with E-state index in [0.717, 1.165) is 25.2 Å².